The Kier molecular flexibility index (Phi) is 12.0. The molecule has 0 amide bonds. The van der Waals surface area contributed by atoms with Gasteiger partial charge in [0.1, 0.15) is 12.0 Å². The molecule has 0 aliphatic heterocycles. The molecule has 1 aliphatic rings. The van der Waals surface area contributed by atoms with Gasteiger partial charge in [-0.25, -0.2) is 0 Å². The average Bonchev–Trinajstić information content (AvgIpc) is 2.99. The van der Waals surface area contributed by atoms with Crippen molar-refractivity contribution < 1.29 is 9.90 Å². The van der Waals surface area contributed by atoms with Gasteiger partial charge in [-0.2, -0.15) is 0 Å². The number of rotatable bonds is 7. The first-order valence-corrected chi connectivity index (χ1v) is 15.2. The number of aryl methyl sites for hydroxylation is 1. The van der Waals surface area contributed by atoms with Crippen LogP contribution in [0.15, 0.2) is 103 Å². The van der Waals surface area contributed by atoms with Crippen LogP contribution in [0.1, 0.15) is 99.6 Å². The first-order valence-electron chi connectivity index (χ1n) is 15.2. The molecule has 0 bridgehead atoms. The molecular formula is C39H48O2. The summed E-state index contributed by atoms with van der Waals surface area (Å²) >= 11 is 0. The van der Waals surface area contributed by atoms with Crippen molar-refractivity contribution in [2.75, 3.05) is 0 Å². The normalized spacial score (nSPS) is 16.0. The topological polar surface area (TPSA) is 37.3 Å². The summed E-state index contributed by atoms with van der Waals surface area (Å²) in [5.74, 6) is 1.69. The maximum absolute atomic E-state index is 10.4. The van der Waals surface area contributed by atoms with Crippen molar-refractivity contribution in [3.8, 4) is 5.75 Å². The summed E-state index contributed by atoms with van der Waals surface area (Å²) in [5, 5.41) is 9.81. The van der Waals surface area contributed by atoms with Crippen molar-refractivity contribution in [2.45, 2.75) is 79.1 Å². The predicted molar refractivity (Wildman–Crippen MR) is 174 cm³/mol. The summed E-state index contributed by atoms with van der Waals surface area (Å²) in [5.41, 5.74) is 8.18. The molecule has 2 atom stereocenters. The van der Waals surface area contributed by atoms with Gasteiger partial charge in [-0.05, 0) is 83.0 Å². The van der Waals surface area contributed by atoms with Gasteiger partial charge < -0.3 is 9.90 Å². The smallest absolute Gasteiger partial charge is 0.125 e. The molecule has 2 heteroatoms. The summed E-state index contributed by atoms with van der Waals surface area (Å²) < 4.78 is 0. The van der Waals surface area contributed by atoms with Gasteiger partial charge in [0.05, 0.1) is 0 Å². The molecule has 1 aliphatic carbocycles. The Balaban J connectivity index is 0.000000362. The maximum Gasteiger partial charge on any atom is 0.125 e. The Bertz CT molecular complexity index is 1320. The highest BCUT2D eigenvalue weighted by atomic mass is 16.3. The Morgan fingerprint density at radius 3 is 1.98 bits per heavy atom. The second kappa shape index (κ2) is 15.4. The molecule has 0 aromatic heterocycles. The Labute approximate surface area is 248 Å². The van der Waals surface area contributed by atoms with E-state index in [0.29, 0.717) is 23.5 Å². The van der Waals surface area contributed by atoms with Crippen LogP contribution < -0.4 is 0 Å². The van der Waals surface area contributed by atoms with Crippen LogP contribution in [-0.2, 0) is 17.6 Å². The van der Waals surface area contributed by atoms with Gasteiger partial charge in [-0.1, -0.05) is 133 Å². The zero-order valence-electron chi connectivity index (χ0n) is 25.8. The summed E-state index contributed by atoms with van der Waals surface area (Å²) in [6, 6.07) is 36.4. The van der Waals surface area contributed by atoms with Crippen LogP contribution in [0.3, 0.4) is 0 Å². The molecule has 4 aromatic carbocycles. The van der Waals surface area contributed by atoms with E-state index < -0.39 is 0 Å². The van der Waals surface area contributed by atoms with Gasteiger partial charge in [0.2, 0.25) is 0 Å². The van der Waals surface area contributed by atoms with E-state index in [-0.39, 0.29) is 5.41 Å². The van der Waals surface area contributed by atoms with Gasteiger partial charge in [-0.15, -0.1) is 0 Å². The summed E-state index contributed by atoms with van der Waals surface area (Å²) in [6.45, 7) is 12.2. The molecule has 0 spiro atoms. The van der Waals surface area contributed by atoms with Crippen molar-refractivity contribution in [1.29, 1.82) is 0 Å². The van der Waals surface area contributed by atoms with Crippen LogP contribution in [0.5, 0.6) is 5.75 Å². The third kappa shape index (κ3) is 9.18. The maximum atomic E-state index is 10.4. The van der Waals surface area contributed by atoms with Crippen molar-refractivity contribution in [3.05, 3.63) is 137 Å². The third-order valence-corrected chi connectivity index (χ3v) is 7.65. The third-order valence-electron chi connectivity index (χ3n) is 7.65. The lowest BCUT2D eigenvalue weighted by molar-refractivity contribution is -0.115. The van der Waals surface area contributed by atoms with Crippen molar-refractivity contribution in [3.63, 3.8) is 0 Å². The minimum absolute atomic E-state index is 0.117. The fourth-order valence-corrected chi connectivity index (χ4v) is 6.07. The zero-order chi connectivity index (χ0) is 29.8. The van der Waals surface area contributed by atoms with E-state index in [1.807, 2.05) is 39.8 Å². The first-order chi connectivity index (χ1) is 19.8. The number of phenols is 1. The number of phenolic OH excluding ortho intramolecular Hbond substituents is 1. The minimum atomic E-state index is -0.117. The molecule has 0 fully saturated rings. The summed E-state index contributed by atoms with van der Waals surface area (Å²) in [6.07, 6.45) is 5.23. The van der Waals surface area contributed by atoms with Gasteiger partial charge in [0, 0.05) is 11.3 Å². The highest BCUT2D eigenvalue weighted by Gasteiger charge is 2.32. The first kappa shape index (κ1) is 31.9. The van der Waals surface area contributed by atoms with E-state index in [9.17, 15) is 9.90 Å². The van der Waals surface area contributed by atoms with Crippen LogP contribution >= 0.6 is 0 Å². The molecular weight excluding hydrogens is 500 g/mol. The SMILES string of the molecule is CC.CC(C)CC(C)(C)C=O.Oc1ccc(C2c3ccc(Cc4ccccc4)cc3CCC2c2ccccc2)cc1. The second-order valence-corrected chi connectivity index (χ2v) is 12.0. The van der Waals surface area contributed by atoms with Gasteiger partial charge in [0.25, 0.3) is 0 Å². The number of hydrogen-bond acceptors (Lipinski definition) is 2. The Morgan fingerprint density at radius 1 is 0.805 bits per heavy atom. The molecule has 0 heterocycles. The van der Waals surface area contributed by atoms with E-state index in [1.165, 1.54) is 33.4 Å². The largest absolute Gasteiger partial charge is 0.508 e. The van der Waals surface area contributed by atoms with Crippen LogP contribution in [0.25, 0.3) is 0 Å². The fourth-order valence-electron chi connectivity index (χ4n) is 6.07. The number of aldehydes is 1. The molecule has 216 valence electrons. The molecule has 1 N–H and O–H groups in total. The molecule has 2 unspecified atom stereocenters. The van der Waals surface area contributed by atoms with E-state index >= 15 is 0 Å². The van der Waals surface area contributed by atoms with Crippen LogP contribution in [0, 0.1) is 11.3 Å². The van der Waals surface area contributed by atoms with Crippen molar-refractivity contribution in [1.82, 2.24) is 0 Å². The standard InChI is InChI=1S/C29H26O.C8H16O.C2H6/c30-26-15-12-24(13-16-26)29-27(23-9-5-2-6-10-23)18-14-25-20-22(11-17-28(25)29)19-21-7-3-1-4-8-21;1-7(2)5-8(3,4)6-9;1-2/h1-13,15-17,20,27,29-30H,14,18-19H2;6-7H,5H2,1-4H3;1-2H3. The molecule has 0 saturated carbocycles. The average molecular weight is 549 g/mol. The number of carbonyl (C=O) groups is 1. The predicted octanol–water partition coefficient (Wildman–Crippen LogP) is 10.1. The monoisotopic (exact) mass is 548 g/mol. The number of fused-ring (bicyclic) bond motifs is 1. The van der Waals surface area contributed by atoms with Crippen molar-refractivity contribution in [2.24, 2.45) is 11.3 Å². The molecule has 0 saturated heterocycles. The van der Waals surface area contributed by atoms with Crippen LogP contribution in [0.2, 0.25) is 0 Å². The highest BCUT2D eigenvalue weighted by Crippen LogP contribution is 2.46. The minimum Gasteiger partial charge on any atom is -0.508 e. The number of aromatic hydroxyl groups is 1. The second-order valence-electron chi connectivity index (χ2n) is 12.0. The van der Waals surface area contributed by atoms with E-state index in [2.05, 4.69) is 105 Å². The highest BCUT2D eigenvalue weighted by molar-refractivity contribution is 5.57. The van der Waals surface area contributed by atoms with Crippen molar-refractivity contribution >= 4 is 6.29 Å². The lowest BCUT2D eigenvalue weighted by atomic mass is 9.69. The van der Waals surface area contributed by atoms with Gasteiger partial charge in [-0.3, -0.25) is 0 Å². The number of benzene rings is 4. The van der Waals surface area contributed by atoms with Crippen LogP contribution in [-0.4, -0.2) is 11.4 Å². The molecule has 4 aromatic rings. The molecule has 2 nitrogen and oxygen atoms in total. The summed E-state index contributed by atoms with van der Waals surface area (Å²) in [4.78, 5) is 10.4. The Hall–Kier alpha value is -3.65. The summed E-state index contributed by atoms with van der Waals surface area (Å²) in [7, 11) is 0. The number of carbonyl (C=O) groups excluding carboxylic acids is 1. The molecule has 5 rings (SSSR count). The van der Waals surface area contributed by atoms with Gasteiger partial charge in [0.15, 0.2) is 0 Å². The van der Waals surface area contributed by atoms with Gasteiger partial charge >= 0.3 is 0 Å². The Morgan fingerprint density at radius 2 is 1.41 bits per heavy atom. The lowest BCUT2D eigenvalue weighted by Gasteiger charge is -2.35. The lowest BCUT2D eigenvalue weighted by Crippen LogP contribution is -2.20. The molecule has 0 radical (unpaired) electrons. The quantitative estimate of drug-likeness (QED) is 0.233. The van der Waals surface area contributed by atoms with E-state index in [0.717, 1.165) is 32.0 Å². The fraction of sp³-hybridized carbons (Fsp3) is 0.359. The van der Waals surface area contributed by atoms with E-state index in [4.69, 9.17) is 0 Å². The number of hydrogen-bond donors (Lipinski definition) is 1. The van der Waals surface area contributed by atoms with Crippen LogP contribution in [0.4, 0.5) is 0 Å². The zero-order valence-corrected chi connectivity index (χ0v) is 25.8. The molecule has 41 heavy (non-hydrogen) atoms. The van der Waals surface area contributed by atoms with E-state index in [1.54, 1.807) is 0 Å².